The van der Waals surface area contributed by atoms with Gasteiger partial charge in [-0.1, -0.05) is 33.3 Å². The number of nitrogens with one attached hydrogen (secondary N) is 1. The Hall–Kier alpha value is -1.42. The quantitative estimate of drug-likeness (QED) is 0.775. The van der Waals surface area contributed by atoms with Gasteiger partial charge in [0, 0.05) is 18.2 Å². The molecule has 23 heavy (non-hydrogen) atoms. The van der Waals surface area contributed by atoms with Crippen LogP contribution < -0.4 is 5.32 Å². The largest absolute Gasteiger partial charge is 0.378 e. The lowest BCUT2D eigenvalue weighted by atomic mass is 9.85. The Labute approximate surface area is 140 Å². The number of anilines is 1. The second-order valence-electron chi connectivity index (χ2n) is 7.13. The number of ether oxygens (including phenoxy) is 1. The number of hydrogen-bond acceptors (Lipinski definition) is 3. The van der Waals surface area contributed by atoms with Crippen molar-refractivity contribution < 1.29 is 9.53 Å². The maximum absolute atomic E-state index is 12.6. The molecule has 0 bridgehead atoms. The molecule has 0 aliphatic carbocycles. The van der Waals surface area contributed by atoms with Crippen LogP contribution in [0.2, 0.25) is 0 Å². The standard InChI is InChI=1S/C19H30N2O2/c1-4-8-15-9-6-13-20-17(15)21-18(22)19(2,3)12-5-10-16-11-7-14-23-16/h6,9,13,16H,4-5,7-8,10-12,14H2,1-3H3,(H,20,21,22). The fraction of sp³-hybridized carbons (Fsp3) is 0.684. The zero-order valence-corrected chi connectivity index (χ0v) is 14.7. The molecule has 1 fully saturated rings. The number of carbonyl (C=O) groups is 1. The van der Waals surface area contributed by atoms with E-state index in [4.69, 9.17) is 4.74 Å². The molecule has 2 rings (SSSR count). The SMILES string of the molecule is CCCc1cccnc1NC(=O)C(C)(C)CCCC1CCCO1. The summed E-state index contributed by atoms with van der Waals surface area (Å²) in [6, 6.07) is 3.96. The van der Waals surface area contributed by atoms with E-state index in [0.717, 1.165) is 44.3 Å². The predicted molar refractivity (Wildman–Crippen MR) is 93.5 cm³/mol. The molecule has 1 aromatic rings. The van der Waals surface area contributed by atoms with Crippen molar-refractivity contribution in [2.45, 2.75) is 71.8 Å². The van der Waals surface area contributed by atoms with Gasteiger partial charge in [-0.2, -0.15) is 0 Å². The van der Waals surface area contributed by atoms with Gasteiger partial charge >= 0.3 is 0 Å². The third-order valence-electron chi connectivity index (χ3n) is 4.61. The lowest BCUT2D eigenvalue weighted by Gasteiger charge is -2.24. The van der Waals surface area contributed by atoms with Gasteiger partial charge in [0.05, 0.1) is 6.10 Å². The Balaban J connectivity index is 1.87. The third kappa shape index (κ3) is 5.31. The van der Waals surface area contributed by atoms with Gasteiger partial charge < -0.3 is 10.1 Å². The topological polar surface area (TPSA) is 51.2 Å². The monoisotopic (exact) mass is 318 g/mol. The molecule has 128 valence electrons. The van der Waals surface area contributed by atoms with Gasteiger partial charge in [0.1, 0.15) is 5.82 Å². The number of aryl methyl sites for hydroxylation is 1. The van der Waals surface area contributed by atoms with E-state index in [0.29, 0.717) is 11.9 Å². The van der Waals surface area contributed by atoms with E-state index >= 15 is 0 Å². The lowest BCUT2D eigenvalue weighted by molar-refractivity contribution is -0.124. The Morgan fingerprint density at radius 2 is 2.30 bits per heavy atom. The zero-order chi connectivity index (χ0) is 16.7. The van der Waals surface area contributed by atoms with Gasteiger partial charge in [0.15, 0.2) is 0 Å². The van der Waals surface area contributed by atoms with Crippen molar-refractivity contribution in [1.29, 1.82) is 0 Å². The first-order valence-corrected chi connectivity index (χ1v) is 8.90. The van der Waals surface area contributed by atoms with Gasteiger partial charge in [-0.05, 0) is 50.2 Å². The van der Waals surface area contributed by atoms with E-state index in [1.54, 1.807) is 6.20 Å². The van der Waals surface area contributed by atoms with E-state index in [1.807, 2.05) is 26.0 Å². The van der Waals surface area contributed by atoms with Crippen molar-refractivity contribution in [2.75, 3.05) is 11.9 Å². The van der Waals surface area contributed by atoms with Crippen LogP contribution in [0.15, 0.2) is 18.3 Å². The summed E-state index contributed by atoms with van der Waals surface area (Å²) in [5, 5.41) is 3.03. The van der Waals surface area contributed by atoms with Crippen LogP contribution >= 0.6 is 0 Å². The molecule has 1 atom stereocenters. The number of hydrogen-bond donors (Lipinski definition) is 1. The maximum atomic E-state index is 12.6. The summed E-state index contributed by atoms with van der Waals surface area (Å²) in [5.41, 5.74) is 0.720. The summed E-state index contributed by atoms with van der Waals surface area (Å²) in [5.74, 6) is 0.771. The number of nitrogens with zero attached hydrogens (tertiary/aromatic N) is 1. The molecular formula is C19H30N2O2. The second kappa shape index (κ2) is 8.44. The second-order valence-corrected chi connectivity index (χ2v) is 7.13. The predicted octanol–water partition coefficient (Wildman–Crippen LogP) is 4.35. The Bertz CT molecular complexity index is 508. The smallest absolute Gasteiger partial charge is 0.231 e. The van der Waals surface area contributed by atoms with Gasteiger partial charge in [-0.3, -0.25) is 4.79 Å². The van der Waals surface area contributed by atoms with Gasteiger partial charge in [0.2, 0.25) is 5.91 Å². The molecule has 4 nitrogen and oxygen atoms in total. The van der Waals surface area contributed by atoms with Crippen molar-refractivity contribution >= 4 is 11.7 Å². The molecule has 1 unspecified atom stereocenters. The van der Waals surface area contributed by atoms with Crippen LogP contribution in [0.3, 0.4) is 0 Å². The summed E-state index contributed by atoms with van der Waals surface area (Å²) < 4.78 is 5.66. The van der Waals surface area contributed by atoms with E-state index in [9.17, 15) is 4.79 Å². The summed E-state index contributed by atoms with van der Waals surface area (Å²) >= 11 is 0. The van der Waals surface area contributed by atoms with Crippen LogP contribution in [0.5, 0.6) is 0 Å². The van der Waals surface area contributed by atoms with Crippen molar-refractivity contribution in [3.63, 3.8) is 0 Å². The first-order valence-electron chi connectivity index (χ1n) is 8.90. The van der Waals surface area contributed by atoms with Crippen LogP contribution in [0.25, 0.3) is 0 Å². The van der Waals surface area contributed by atoms with Crippen molar-refractivity contribution in [3.05, 3.63) is 23.9 Å². The summed E-state index contributed by atoms with van der Waals surface area (Å²) in [6.07, 6.45) is 9.41. The summed E-state index contributed by atoms with van der Waals surface area (Å²) in [7, 11) is 0. The number of carbonyl (C=O) groups excluding carboxylic acids is 1. The molecule has 0 spiro atoms. The molecule has 1 aliphatic heterocycles. The van der Waals surface area contributed by atoms with E-state index in [2.05, 4.69) is 17.2 Å². The van der Waals surface area contributed by atoms with E-state index < -0.39 is 0 Å². The molecular weight excluding hydrogens is 288 g/mol. The molecule has 0 radical (unpaired) electrons. The lowest BCUT2D eigenvalue weighted by Crippen LogP contribution is -2.31. The van der Waals surface area contributed by atoms with Gasteiger partial charge in [-0.25, -0.2) is 4.98 Å². The Morgan fingerprint density at radius 3 is 3.00 bits per heavy atom. The molecule has 1 N–H and O–H groups in total. The van der Waals surface area contributed by atoms with Crippen LogP contribution in [0.4, 0.5) is 5.82 Å². The number of pyridine rings is 1. The Morgan fingerprint density at radius 1 is 1.48 bits per heavy atom. The maximum Gasteiger partial charge on any atom is 0.231 e. The van der Waals surface area contributed by atoms with Crippen LogP contribution in [-0.2, 0) is 16.0 Å². The van der Waals surface area contributed by atoms with Crippen molar-refractivity contribution in [3.8, 4) is 0 Å². The number of rotatable bonds is 8. The van der Waals surface area contributed by atoms with Crippen molar-refractivity contribution in [1.82, 2.24) is 4.98 Å². The highest BCUT2D eigenvalue weighted by Gasteiger charge is 2.28. The molecule has 1 aromatic heterocycles. The summed E-state index contributed by atoms with van der Waals surface area (Å²) in [6.45, 7) is 7.06. The zero-order valence-electron chi connectivity index (χ0n) is 14.7. The minimum atomic E-state index is -0.389. The average molecular weight is 318 g/mol. The van der Waals surface area contributed by atoms with Crippen LogP contribution in [0.1, 0.15) is 64.9 Å². The highest BCUT2D eigenvalue weighted by atomic mass is 16.5. The number of aromatic nitrogens is 1. The van der Waals surface area contributed by atoms with Crippen LogP contribution in [-0.4, -0.2) is 23.6 Å². The molecule has 0 saturated carbocycles. The highest BCUT2D eigenvalue weighted by molar-refractivity contribution is 5.94. The molecule has 1 aliphatic rings. The molecule has 4 heteroatoms. The van der Waals surface area contributed by atoms with Gasteiger partial charge in [0.25, 0.3) is 0 Å². The first-order chi connectivity index (χ1) is 11.0. The third-order valence-corrected chi connectivity index (χ3v) is 4.61. The molecule has 2 heterocycles. The first kappa shape index (κ1) is 17.9. The molecule has 1 saturated heterocycles. The minimum Gasteiger partial charge on any atom is -0.378 e. The number of amides is 1. The summed E-state index contributed by atoms with van der Waals surface area (Å²) in [4.78, 5) is 17.0. The molecule has 1 amide bonds. The normalized spacial score (nSPS) is 18.1. The highest BCUT2D eigenvalue weighted by Crippen LogP contribution is 2.28. The van der Waals surface area contributed by atoms with Crippen LogP contribution in [0, 0.1) is 5.41 Å². The average Bonchev–Trinajstić information content (AvgIpc) is 3.02. The minimum absolute atomic E-state index is 0.0564. The van der Waals surface area contributed by atoms with E-state index in [1.165, 1.54) is 12.8 Å². The fourth-order valence-electron chi connectivity index (χ4n) is 3.06. The molecule has 0 aromatic carbocycles. The van der Waals surface area contributed by atoms with Crippen molar-refractivity contribution in [2.24, 2.45) is 5.41 Å². The Kier molecular flexibility index (Phi) is 6.58. The fourth-order valence-corrected chi connectivity index (χ4v) is 3.06. The van der Waals surface area contributed by atoms with E-state index in [-0.39, 0.29) is 11.3 Å². The van der Waals surface area contributed by atoms with Gasteiger partial charge in [-0.15, -0.1) is 0 Å².